The van der Waals surface area contributed by atoms with Crippen molar-refractivity contribution >= 4 is 29.2 Å². The van der Waals surface area contributed by atoms with Crippen LogP contribution in [0.4, 0.5) is 0 Å². The van der Waals surface area contributed by atoms with Crippen molar-refractivity contribution < 1.29 is 24.0 Å². The third kappa shape index (κ3) is 6.10. The molecule has 0 fully saturated rings. The highest BCUT2D eigenvalue weighted by Gasteiger charge is 2.20. The monoisotopic (exact) mass is 375 g/mol. The Kier molecular flexibility index (Phi) is 7.81. The van der Waals surface area contributed by atoms with Crippen LogP contribution in [0, 0.1) is 5.92 Å². The summed E-state index contributed by atoms with van der Waals surface area (Å²) < 4.78 is 5.46. The molecule has 2 aromatic rings. The van der Waals surface area contributed by atoms with Gasteiger partial charge < -0.3 is 15.1 Å². The highest BCUT2D eigenvalue weighted by atomic mass is 16.5. The number of nitrogens with zero attached hydrogens (tertiary/aromatic N) is 1. The smallest absolute Gasteiger partial charge is 0.288 e. The Balaban J connectivity index is 1.85. The lowest BCUT2D eigenvalue weighted by molar-refractivity contribution is -0.154. The number of nitrogens with one attached hydrogen (secondary N) is 2. The van der Waals surface area contributed by atoms with E-state index in [0.29, 0.717) is 17.1 Å². The normalized spacial score (nSPS) is 11.8. The van der Waals surface area contributed by atoms with Crippen LogP contribution in [0.3, 0.4) is 0 Å². The van der Waals surface area contributed by atoms with Gasteiger partial charge in [0.25, 0.3) is 5.91 Å². The number of carbonyl (C=O) groups excluding carboxylic acids is 3. The van der Waals surface area contributed by atoms with Gasteiger partial charge in [-0.2, -0.15) is 0 Å². The summed E-state index contributed by atoms with van der Waals surface area (Å²) in [5.74, 6) is -1.16. The average Bonchev–Trinajstić information content (AvgIpc) is 3.11. The predicted octanol–water partition coefficient (Wildman–Crippen LogP) is 2.28. The molecule has 0 aliphatic carbocycles. The number of carbonyl (C=O) groups is 3. The van der Waals surface area contributed by atoms with Crippen molar-refractivity contribution in [3.05, 3.63) is 36.1 Å². The number of rotatable bonds is 11. The molecule has 0 saturated carbocycles. The van der Waals surface area contributed by atoms with E-state index in [0.717, 1.165) is 24.6 Å². The lowest BCUT2D eigenvalue weighted by atomic mass is 10.0. The summed E-state index contributed by atoms with van der Waals surface area (Å²) in [5.41, 5.74) is 0.611. The van der Waals surface area contributed by atoms with Crippen LogP contribution in [0.2, 0.25) is 0 Å². The van der Waals surface area contributed by atoms with E-state index >= 15 is 0 Å². The second kappa shape index (κ2) is 10.3. The zero-order valence-electron chi connectivity index (χ0n) is 15.3. The Hall–Kier alpha value is -2.87. The summed E-state index contributed by atoms with van der Waals surface area (Å²) in [6.45, 7) is 1.88. The molecule has 0 saturated heterocycles. The summed E-state index contributed by atoms with van der Waals surface area (Å²) in [6, 6.07) is 8.90. The number of hydrogen-bond donors (Lipinski definition) is 3. The van der Waals surface area contributed by atoms with Gasteiger partial charge in [0, 0.05) is 5.39 Å². The minimum absolute atomic E-state index is 0.0779. The third-order valence-corrected chi connectivity index (χ3v) is 4.22. The molecule has 1 heterocycles. The van der Waals surface area contributed by atoms with Crippen molar-refractivity contribution in [2.24, 2.45) is 5.92 Å². The van der Waals surface area contributed by atoms with E-state index in [9.17, 15) is 19.6 Å². The molecule has 0 aliphatic heterocycles. The molecule has 3 amide bonds. The fourth-order valence-electron chi connectivity index (χ4n) is 2.75. The molecule has 8 heteroatoms. The molecule has 2 rings (SSSR count). The molecule has 0 radical (unpaired) electrons. The number of unbranched alkanes of at least 4 members (excludes halogenated alkanes) is 2. The molecule has 3 N–H and O–H groups in total. The van der Waals surface area contributed by atoms with Crippen molar-refractivity contribution in [3.8, 4) is 0 Å². The van der Waals surface area contributed by atoms with Gasteiger partial charge in [-0.15, -0.1) is 0 Å². The Bertz CT molecular complexity index is 741. The van der Waals surface area contributed by atoms with Crippen molar-refractivity contribution in [2.75, 3.05) is 13.2 Å². The molecule has 8 nitrogen and oxygen atoms in total. The van der Waals surface area contributed by atoms with E-state index < -0.39 is 11.8 Å². The van der Waals surface area contributed by atoms with E-state index in [1.165, 1.54) is 0 Å². The third-order valence-electron chi connectivity index (χ3n) is 4.22. The SMILES string of the molecule is CCCCC[C@H](CN(O)C=O)C(=O)NCNC(=O)c1cc2ccccc2o1. The summed E-state index contributed by atoms with van der Waals surface area (Å²) in [6.07, 6.45) is 3.58. The summed E-state index contributed by atoms with van der Waals surface area (Å²) in [7, 11) is 0. The van der Waals surface area contributed by atoms with Crippen LogP contribution in [0.5, 0.6) is 0 Å². The zero-order valence-corrected chi connectivity index (χ0v) is 15.3. The molecule has 1 aromatic heterocycles. The summed E-state index contributed by atoms with van der Waals surface area (Å²) in [4.78, 5) is 35.1. The van der Waals surface area contributed by atoms with Crippen LogP contribution in [0.25, 0.3) is 11.0 Å². The zero-order chi connectivity index (χ0) is 19.6. The van der Waals surface area contributed by atoms with Crippen LogP contribution >= 0.6 is 0 Å². The maximum absolute atomic E-state index is 12.3. The number of amides is 3. The van der Waals surface area contributed by atoms with Crippen molar-refractivity contribution in [1.29, 1.82) is 0 Å². The number of hydroxylamine groups is 2. The first-order chi connectivity index (χ1) is 13.0. The van der Waals surface area contributed by atoms with Crippen molar-refractivity contribution in [3.63, 3.8) is 0 Å². The molecule has 1 aromatic carbocycles. The van der Waals surface area contributed by atoms with Crippen LogP contribution in [0.1, 0.15) is 43.2 Å². The van der Waals surface area contributed by atoms with Crippen molar-refractivity contribution in [1.82, 2.24) is 15.7 Å². The van der Waals surface area contributed by atoms with Gasteiger partial charge in [0.05, 0.1) is 19.1 Å². The maximum Gasteiger partial charge on any atom is 0.288 e. The Morgan fingerprint density at radius 1 is 1.26 bits per heavy atom. The molecule has 0 spiro atoms. The van der Waals surface area contributed by atoms with Crippen LogP contribution in [-0.2, 0) is 9.59 Å². The van der Waals surface area contributed by atoms with Gasteiger partial charge in [0.15, 0.2) is 5.76 Å². The number of benzene rings is 1. The highest BCUT2D eigenvalue weighted by molar-refractivity contribution is 5.96. The standard InChI is InChI=1S/C19H25N3O5/c1-2-3-4-8-15(11-22(26)13-23)18(24)20-12-21-19(25)17-10-14-7-5-6-9-16(14)27-17/h5-7,9-10,13,15,26H,2-4,8,11-12H2,1H3,(H,20,24)(H,21,25)/t15-/m1/s1. The number of hydrogen-bond acceptors (Lipinski definition) is 5. The van der Waals surface area contributed by atoms with Crippen molar-refractivity contribution in [2.45, 2.75) is 32.6 Å². The second-order valence-electron chi connectivity index (χ2n) is 6.29. The molecular weight excluding hydrogens is 350 g/mol. The van der Waals surface area contributed by atoms with E-state index in [-0.39, 0.29) is 31.3 Å². The van der Waals surface area contributed by atoms with Crippen LogP contribution < -0.4 is 10.6 Å². The van der Waals surface area contributed by atoms with E-state index in [4.69, 9.17) is 4.42 Å². The highest BCUT2D eigenvalue weighted by Crippen LogP contribution is 2.18. The average molecular weight is 375 g/mol. The summed E-state index contributed by atoms with van der Waals surface area (Å²) >= 11 is 0. The van der Waals surface area contributed by atoms with Gasteiger partial charge in [-0.1, -0.05) is 44.4 Å². The van der Waals surface area contributed by atoms with Gasteiger partial charge in [-0.3, -0.25) is 19.6 Å². The van der Waals surface area contributed by atoms with Gasteiger partial charge in [-0.05, 0) is 18.6 Å². The first-order valence-electron chi connectivity index (χ1n) is 9.00. The number of furan rings is 1. The van der Waals surface area contributed by atoms with Crippen LogP contribution in [0.15, 0.2) is 34.7 Å². The van der Waals surface area contributed by atoms with Gasteiger partial charge in [0.2, 0.25) is 12.3 Å². The largest absolute Gasteiger partial charge is 0.451 e. The molecule has 0 unspecified atom stereocenters. The minimum Gasteiger partial charge on any atom is -0.451 e. The molecule has 0 bridgehead atoms. The Morgan fingerprint density at radius 3 is 2.74 bits per heavy atom. The molecule has 27 heavy (non-hydrogen) atoms. The fraction of sp³-hybridized carbons (Fsp3) is 0.421. The lowest BCUT2D eigenvalue weighted by Gasteiger charge is -2.19. The fourth-order valence-corrected chi connectivity index (χ4v) is 2.75. The van der Waals surface area contributed by atoms with E-state index in [1.807, 2.05) is 25.1 Å². The molecule has 0 aliphatic rings. The molecule has 1 atom stereocenters. The second-order valence-corrected chi connectivity index (χ2v) is 6.29. The topological polar surface area (TPSA) is 112 Å². The molecular formula is C19H25N3O5. The van der Waals surface area contributed by atoms with Crippen LogP contribution in [-0.4, -0.2) is 41.7 Å². The minimum atomic E-state index is -0.546. The van der Waals surface area contributed by atoms with E-state index in [2.05, 4.69) is 10.6 Å². The number of fused-ring (bicyclic) bond motifs is 1. The Labute approximate surface area is 157 Å². The van der Waals surface area contributed by atoms with E-state index in [1.54, 1.807) is 12.1 Å². The molecule has 146 valence electrons. The lowest BCUT2D eigenvalue weighted by Crippen LogP contribution is -2.42. The first-order valence-corrected chi connectivity index (χ1v) is 9.00. The van der Waals surface area contributed by atoms with Gasteiger partial charge in [-0.25, -0.2) is 5.06 Å². The maximum atomic E-state index is 12.3. The Morgan fingerprint density at radius 2 is 2.04 bits per heavy atom. The predicted molar refractivity (Wildman–Crippen MR) is 98.9 cm³/mol. The van der Waals surface area contributed by atoms with Gasteiger partial charge >= 0.3 is 0 Å². The summed E-state index contributed by atoms with van der Waals surface area (Å²) in [5, 5.41) is 15.8. The first kappa shape index (κ1) is 20.4. The van der Waals surface area contributed by atoms with Gasteiger partial charge in [0.1, 0.15) is 5.58 Å². The number of para-hydroxylation sites is 1. The quantitative estimate of drug-likeness (QED) is 0.183.